The van der Waals surface area contributed by atoms with Crippen LogP contribution in [0.3, 0.4) is 0 Å². The van der Waals surface area contributed by atoms with E-state index in [-0.39, 0.29) is 20.4 Å². The number of hydrogen-bond acceptors (Lipinski definition) is 2. The molecular weight excluding hydrogens is 831 g/mol. The average Bonchev–Trinajstić information content (AvgIpc) is 3.26. The largest absolute Gasteiger partial charge is 0.255 e. The van der Waals surface area contributed by atoms with Gasteiger partial charge in [-0.05, 0) is 73.9 Å². The summed E-state index contributed by atoms with van der Waals surface area (Å²) in [7, 11) is 0. The molecule has 0 saturated heterocycles. The van der Waals surface area contributed by atoms with Crippen molar-refractivity contribution in [1.29, 1.82) is 0 Å². The van der Waals surface area contributed by atoms with Gasteiger partial charge in [-0.2, -0.15) is 0 Å². The van der Waals surface area contributed by atoms with Gasteiger partial charge in [-0.15, -0.1) is 0 Å². The summed E-state index contributed by atoms with van der Waals surface area (Å²) in [6.07, 6.45) is 62.2. The molecule has 61 heavy (non-hydrogen) atoms. The predicted molar refractivity (Wildman–Crippen MR) is 274 cm³/mol. The molecular formula is C58H96N2Pd. The minimum atomic E-state index is 0. The van der Waals surface area contributed by atoms with Crippen LogP contribution in [-0.4, -0.2) is 11.9 Å². The number of allylic oxidation sites excluding steroid dienone is 2. The van der Waals surface area contributed by atoms with Crippen LogP contribution in [0.15, 0.2) is 70.7 Å². The summed E-state index contributed by atoms with van der Waals surface area (Å²) in [5.41, 5.74) is 5.53. The van der Waals surface area contributed by atoms with E-state index in [0.29, 0.717) is 0 Å². The molecule has 0 heterocycles. The van der Waals surface area contributed by atoms with E-state index in [1.165, 1.54) is 217 Å². The topological polar surface area (TPSA) is 24.7 Å². The van der Waals surface area contributed by atoms with Gasteiger partial charge in [0.25, 0.3) is 0 Å². The zero-order chi connectivity index (χ0) is 42.7. The van der Waals surface area contributed by atoms with E-state index in [4.69, 9.17) is 9.98 Å². The van der Waals surface area contributed by atoms with Crippen LogP contribution >= 0.6 is 0 Å². The van der Waals surface area contributed by atoms with E-state index in [1.54, 1.807) is 0 Å². The monoisotopic (exact) mass is 927 g/mol. The number of nitrogens with zero attached hydrogens (tertiary/aromatic N) is 2. The second-order valence-electron chi connectivity index (χ2n) is 18.1. The molecule has 0 amide bonds. The first kappa shape index (κ1) is 56.9. The second-order valence-corrected chi connectivity index (χ2v) is 18.1. The third kappa shape index (κ3) is 36.0. The number of rotatable bonds is 42. The maximum atomic E-state index is 5.07. The van der Waals surface area contributed by atoms with Gasteiger partial charge in [0, 0.05) is 26.6 Å². The molecule has 0 aromatic heterocycles. The summed E-state index contributed by atoms with van der Waals surface area (Å²) in [6, 6.07) is 17.3. The van der Waals surface area contributed by atoms with Crippen molar-refractivity contribution in [3.8, 4) is 0 Å². The summed E-state index contributed by atoms with van der Waals surface area (Å²) in [6.45, 7) is 6.85. The molecule has 0 aliphatic rings. The van der Waals surface area contributed by atoms with E-state index in [1.807, 2.05) is 6.21 Å². The predicted octanol–water partition coefficient (Wildman–Crippen LogP) is 20.7. The summed E-state index contributed by atoms with van der Waals surface area (Å²) in [5, 5.41) is 0. The van der Waals surface area contributed by atoms with Crippen LogP contribution in [-0.2, 0) is 20.4 Å². The van der Waals surface area contributed by atoms with E-state index in [2.05, 4.69) is 93.6 Å². The molecule has 348 valence electrons. The number of benzene rings is 2. The van der Waals surface area contributed by atoms with Crippen molar-refractivity contribution in [2.24, 2.45) is 9.98 Å². The number of hydrogen-bond donors (Lipinski definition) is 0. The fourth-order valence-electron chi connectivity index (χ4n) is 8.29. The third-order valence-electron chi connectivity index (χ3n) is 12.2. The van der Waals surface area contributed by atoms with Gasteiger partial charge in [-0.3, -0.25) is 9.98 Å². The summed E-state index contributed by atoms with van der Waals surface area (Å²) < 4.78 is 0. The Morgan fingerprint density at radius 1 is 0.393 bits per heavy atom. The minimum Gasteiger partial charge on any atom is -0.255 e. The zero-order valence-corrected chi connectivity index (χ0v) is 41.9. The fraction of sp³-hybridized carbons (Fsp3) is 0.690. The Kier molecular flexibility index (Phi) is 41.6. The Bertz CT molecular complexity index is 1360. The van der Waals surface area contributed by atoms with Gasteiger partial charge in [0.05, 0.1) is 17.1 Å². The van der Waals surface area contributed by atoms with Crippen LogP contribution < -0.4 is 0 Å². The molecule has 0 atom stereocenters. The van der Waals surface area contributed by atoms with Gasteiger partial charge in [0.2, 0.25) is 0 Å². The van der Waals surface area contributed by atoms with Crippen molar-refractivity contribution in [1.82, 2.24) is 0 Å². The fourth-order valence-corrected chi connectivity index (χ4v) is 8.29. The molecule has 0 N–H and O–H groups in total. The van der Waals surface area contributed by atoms with Crippen molar-refractivity contribution in [3.05, 3.63) is 71.8 Å². The molecule has 0 bridgehead atoms. The summed E-state index contributed by atoms with van der Waals surface area (Å²) in [5.74, 6) is 0. The minimum absolute atomic E-state index is 0. The normalized spacial score (nSPS) is 12.1. The van der Waals surface area contributed by atoms with Crippen LogP contribution in [0.25, 0.3) is 12.2 Å². The molecule has 2 aromatic carbocycles. The van der Waals surface area contributed by atoms with Gasteiger partial charge in [-0.1, -0.05) is 268 Å². The quantitative estimate of drug-likeness (QED) is 0.0360. The third-order valence-corrected chi connectivity index (χ3v) is 12.2. The first-order chi connectivity index (χ1) is 29.7. The SMILES string of the molecule is CCCCCCCCCCCCCCCCCCC=Cc1cccc(N=CC(CCCC)=Nc2cccc(C=CCCCCCCCCCCCCCCCCCC)c2)c1.[Pd]. The van der Waals surface area contributed by atoms with Gasteiger partial charge < -0.3 is 0 Å². The van der Waals surface area contributed by atoms with Crippen molar-refractivity contribution in [2.45, 2.75) is 258 Å². The Morgan fingerprint density at radius 3 is 1.10 bits per heavy atom. The summed E-state index contributed by atoms with van der Waals surface area (Å²) >= 11 is 0. The number of aliphatic imine (C=N–C) groups is 2. The Balaban J connectivity index is 0.0000186. The maximum Gasteiger partial charge on any atom is 0.0639 e. The Labute approximate surface area is 393 Å². The van der Waals surface area contributed by atoms with Crippen molar-refractivity contribution >= 4 is 35.5 Å². The maximum absolute atomic E-state index is 5.07. The van der Waals surface area contributed by atoms with E-state index in [9.17, 15) is 0 Å². The van der Waals surface area contributed by atoms with Crippen LogP contribution in [0.2, 0.25) is 0 Å². The number of unbranched alkanes of at least 4 members (excludes halogenated alkanes) is 33. The van der Waals surface area contributed by atoms with Gasteiger partial charge in [0.1, 0.15) is 0 Å². The van der Waals surface area contributed by atoms with Gasteiger partial charge in [-0.25, -0.2) is 0 Å². The first-order valence-corrected chi connectivity index (χ1v) is 26.4. The molecule has 2 rings (SSSR count). The second kappa shape index (κ2) is 44.5. The van der Waals surface area contributed by atoms with Crippen LogP contribution in [0.4, 0.5) is 11.4 Å². The molecule has 0 radical (unpaired) electrons. The molecule has 2 nitrogen and oxygen atoms in total. The molecule has 0 aliphatic carbocycles. The Hall–Kier alpha value is -2.08. The molecule has 0 unspecified atom stereocenters. The van der Waals surface area contributed by atoms with E-state index >= 15 is 0 Å². The zero-order valence-electron chi connectivity index (χ0n) is 40.4. The van der Waals surface area contributed by atoms with Crippen molar-refractivity contribution in [2.75, 3.05) is 0 Å². The average molecular weight is 928 g/mol. The van der Waals surface area contributed by atoms with Crippen molar-refractivity contribution < 1.29 is 20.4 Å². The Morgan fingerprint density at radius 2 is 0.721 bits per heavy atom. The van der Waals surface area contributed by atoms with E-state index in [0.717, 1.165) is 49.2 Å². The smallest absolute Gasteiger partial charge is 0.0639 e. The first-order valence-electron chi connectivity index (χ1n) is 26.4. The van der Waals surface area contributed by atoms with Crippen molar-refractivity contribution in [3.63, 3.8) is 0 Å². The molecule has 0 spiro atoms. The van der Waals surface area contributed by atoms with Gasteiger partial charge >= 0.3 is 0 Å². The van der Waals surface area contributed by atoms with E-state index < -0.39 is 0 Å². The summed E-state index contributed by atoms with van der Waals surface area (Å²) in [4.78, 5) is 9.97. The standard InChI is InChI=1S/C58H96N2.Pd/c1-4-7-10-12-14-16-18-20-22-24-26-28-30-32-34-36-38-40-44-54-46-42-49-56(51-54)59-53-58(48-9-6-3)60-57-50-43-47-55(52-57)45-41-39-37-35-33-31-29-27-25-23-21-19-17-15-13-11-8-5-2;/h40-47,49-53H,4-39,48H2,1-3H3;. The molecule has 2 aromatic rings. The van der Waals surface area contributed by atoms with Crippen LogP contribution in [0.1, 0.15) is 269 Å². The molecule has 3 heteroatoms. The molecule has 0 fully saturated rings. The molecule has 0 aliphatic heterocycles. The molecule has 0 saturated carbocycles. The van der Waals surface area contributed by atoms with Crippen LogP contribution in [0, 0.1) is 0 Å². The van der Waals surface area contributed by atoms with Crippen LogP contribution in [0.5, 0.6) is 0 Å². The van der Waals surface area contributed by atoms with Gasteiger partial charge in [0.15, 0.2) is 0 Å².